The Morgan fingerprint density at radius 1 is 0.448 bits per heavy atom. The molecular formula is C25H54O3Si. The van der Waals surface area contributed by atoms with Crippen LogP contribution in [0.4, 0.5) is 0 Å². The van der Waals surface area contributed by atoms with Gasteiger partial charge in [0.1, 0.15) is 0 Å². The van der Waals surface area contributed by atoms with Gasteiger partial charge < -0.3 is 13.3 Å². The van der Waals surface area contributed by atoms with Crippen molar-refractivity contribution >= 4 is 8.80 Å². The highest BCUT2D eigenvalue weighted by Crippen LogP contribution is 2.25. The van der Waals surface area contributed by atoms with Gasteiger partial charge in [0, 0.05) is 24.4 Å². The lowest BCUT2D eigenvalue weighted by atomic mass is 10.0. The fourth-order valence-electron chi connectivity index (χ4n) is 3.87. The van der Waals surface area contributed by atoms with Crippen LogP contribution < -0.4 is 0 Å². The predicted octanol–water partition coefficient (Wildman–Crippen LogP) is 8.68. The number of hydrogen-bond acceptors (Lipinski definition) is 3. The Kier molecular flexibility index (Phi) is 18.9. The molecule has 0 unspecified atom stereocenters. The average Bonchev–Trinajstić information content (AvgIpc) is 2.60. The first-order chi connectivity index (χ1) is 13.8. The SMILES string of the molecule is CCCCCCCCCCCCCCCC[Si](OC(C)C)(OC(C)C)OC(C)C. The summed E-state index contributed by atoms with van der Waals surface area (Å²) >= 11 is 0. The van der Waals surface area contributed by atoms with E-state index in [1.807, 2.05) is 0 Å². The lowest BCUT2D eigenvalue weighted by Crippen LogP contribution is -2.50. The molecule has 0 amide bonds. The third-order valence-corrected chi connectivity index (χ3v) is 8.54. The molecule has 0 radical (unpaired) electrons. The van der Waals surface area contributed by atoms with E-state index in [9.17, 15) is 0 Å². The molecule has 0 aromatic heterocycles. The smallest absolute Gasteiger partial charge is 0.371 e. The molecule has 0 rings (SSSR count). The predicted molar refractivity (Wildman–Crippen MR) is 130 cm³/mol. The standard InChI is InChI=1S/C25H54O3Si/c1-8-9-10-11-12-13-14-15-16-17-18-19-20-21-22-29(26-23(2)3,27-24(4)5)28-25(6)7/h23-25H,8-22H2,1-7H3. The highest BCUT2D eigenvalue weighted by Gasteiger charge is 2.43. The van der Waals surface area contributed by atoms with Crippen LogP contribution in [0.3, 0.4) is 0 Å². The van der Waals surface area contributed by atoms with Gasteiger partial charge in [-0.15, -0.1) is 0 Å². The fourth-order valence-corrected chi connectivity index (χ4v) is 7.23. The van der Waals surface area contributed by atoms with E-state index in [-0.39, 0.29) is 18.3 Å². The summed E-state index contributed by atoms with van der Waals surface area (Å²) in [5.74, 6) is 0. The molecule has 0 heterocycles. The minimum Gasteiger partial charge on any atom is -0.371 e. The number of rotatable bonds is 21. The van der Waals surface area contributed by atoms with Crippen LogP contribution in [0.1, 0.15) is 138 Å². The molecule has 29 heavy (non-hydrogen) atoms. The highest BCUT2D eigenvalue weighted by atomic mass is 28.4. The zero-order valence-electron chi connectivity index (χ0n) is 21.1. The van der Waals surface area contributed by atoms with Crippen molar-refractivity contribution < 1.29 is 13.3 Å². The van der Waals surface area contributed by atoms with Crippen LogP contribution in [0.5, 0.6) is 0 Å². The lowest BCUT2D eigenvalue weighted by molar-refractivity contribution is 0.00278. The van der Waals surface area contributed by atoms with Gasteiger partial charge in [-0.1, -0.05) is 90.4 Å². The molecule has 0 aromatic rings. The number of hydrogen-bond donors (Lipinski definition) is 0. The molecule has 0 aliphatic heterocycles. The molecule has 0 saturated heterocycles. The van der Waals surface area contributed by atoms with Crippen LogP contribution in [0.25, 0.3) is 0 Å². The van der Waals surface area contributed by atoms with Crippen LogP contribution in [-0.2, 0) is 13.3 Å². The third-order valence-electron chi connectivity index (χ3n) is 5.08. The summed E-state index contributed by atoms with van der Waals surface area (Å²) in [6, 6.07) is 0.944. The van der Waals surface area contributed by atoms with Crippen molar-refractivity contribution in [2.24, 2.45) is 0 Å². The first-order valence-corrected chi connectivity index (χ1v) is 14.8. The van der Waals surface area contributed by atoms with Crippen LogP contribution in [-0.4, -0.2) is 27.1 Å². The second-order valence-electron chi connectivity index (χ2n) is 9.53. The van der Waals surface area contributed by atoms with E-state index in [1.165, 1.54) is 83.5 Å². The molecule has 3 nitrogen and oxygen atoms in total. The summed E-state index contributed by atoms with van der Waals surface area (Å²) in [5.41, 5.74) is 0. The Morgan fingerprint density at radius 2 is 0.724 bits per heavy atom. The maximum atomic E-state index is 6.27. The Balaban J connectivity index is 3.89. The maximum Gasteiger partial charge on any atom is 0.501 e. The second kappa shape index (κ2) is 18.8. The van der Waals surface area contributed by atoms with E-state index < -0.39 is 8.80 Å². The first-order valence-electron chi connectivity index (χ1n) is 12.8. The number of unbranched alkanes of at least 4 members (excludes halogenated alkanes) is 13. The molecule has 0 aliphatic carbocycles. The van der Waals surface area contributed by atoms with E-state index >= 15 is 0 Å². The van der Waals surface area contributed by atoms with Crippen molar-refractivity contribution in [1.82, 2.24) is 0 Å². The first kappa shape index (κ1) is 29.1. The molecular weight excluding hydrogens is 376 g/mol. The monoisotopic (exact) mass is 430 g/mol. The van der Waals surface area contributed by atoms with Crippen molar-refractivity contribution in [3.8, 4) is 0 Å². The summed E-state index contributed by atoms with van der Waals surface area (Å²) < 4.78 is 18.8. The maximum absolute atomic E-state index is 6.27. The van der Waals surface area contributed by atoms with Crippen LogP contribution >= 0.6 is 0 Å². The molecule has 0 saturated carbocycles. The van der Waals surface area contributed by atoms with E-state index in [0.717, 1.165) is 12.5 Å². The van der Waals surface area contributed by atoms with Gasteiger partial charge >= 0.3 is 8.80 Å². The third kappa shape index (κ3) is 18.6. The van der Waals surface area contributed by atoms with Crippen molar-refractivity contribution in [3.63, 3.8) is 0 Å². The minimum absolute atomic E-state index is 0.144. The Morgan fingerprint density at radius 3 is 1.00 bits per heavy atom. The molecule has 0 bridgehead atoms. The largest absolute Gasteiger partial charge is 0.501 e. The molecule has 0 N–H and O–H groups in total. The van der Waals surface area contributed by atoms with E-state index in [4.69, 9.17) is 13.3 Å². The van der Waals surface area contributed by atoms with E-state index in [0.29, 0.717) is 0 Å². The van der Waals surface area contributed by atoms with Gasteiger partial charge in [-0.05, 0) is 48.0 Å². The zero-order valence-corrected chi connectivity index (χ0v) is 22.1. The van der Waals surface area contributed by atoms with E-state index in [2.05, 4.69) is 48.5 Å². The fraction of sp³-hybridized carbons (Fsp3) is 1.00. The van der Waals surface area contributed by atoms with Crippen molar-refractivity contribution in [2.75, 3.05) is 0 Å². The average molecular weight is 431 g/mol. The Labute approximate surface area is 185 Å². The molecule has 0 aliphatic rings. The molecule has 0 atom stereocenters. The lowest BCUT2D eigenvalue weighted by Gasteiger charge is -2.34. The van der Waals surface area contributed by atoms with Gasteiger partial charge in [0.25, 0.3) is 0 Å². The topological polar surface area (TPSA) is 27.7 Å². The van der Waals surface area contributed by atoms with E-state index in [1.54, 1.807) is 0 Å². The van der Waals surface area contributed by atoms with Crippen molar-refractivity contribution in [1.29, 1.82) is 0 Å². The molecule has 0 spiro atoms. The van der Waals surface area contributed by atoms with Gasteiger partial charge in [0.2, 0.25) is 0 Å². The Bertz CT molecular complexity index is 318. The summed E-state index contributed by atoms with van der Waals surface area (Å²) in [6.07, 6.45) is 19.7. The quantitative estimate of drug-likeness (QED) is 0.135. The molecule has 0 fully saturated rings. The van der Waals surface area contributed by atoms with Crippen LogP contribution in [0.15, 0.2) is 0 Å². The second-order valence-corrected chi connectivity index (χ2v) is 12.1. The van der Waals surface area contributed by atoms with Gasteiger partial charge in [-0.2, -0.15) is 0 Å². The van der Waals surface area contributed by atoms with Crippen LogP contribution in [0.2, 0.25) is 6.04 Å². The molecule has 176 valence electrons. The summed E-state index contributed by atoms with van der Waals surface area (Å²) in [4.78, 5) is 0. The van der Waals surface area contributed by atoms with Gasteiger partial charge in [0.15, 0.2) is 0 Å². The van der Waals surface area contributed by atoms with Crippen LogP contribution in [0, 0.1) is 0 Å². The molecule has 4 heteroatoms. The Hall–Kier alpha value is 0.0969. The van der Waals surface area contributed by atoms with Gasteiger partial charge in [-0.3, -0.25) is 0 Å². The van der Waals surface area contributed by atoms with Gasteiger partial charge in [0.05, 0.1) is 0 Å². The van der Waals surface area contributed by atoms with Crippen molar-refractivity contribution in [2.45, 2.75) is 163 Å². The summed E-state index contributed by atoms with van der Waals surface area (Å²) in [6.45, 7) is 14.8. The summed E-state index contributed by atoms with van der Waals surface area (Å²) in [7, 11) is -2.59. The zero-order chi connectivity index (χ0) is 22.0. The minimum atomic E-state index is -2.59. The molecule has 0 aromatic carbocycles. The van der Waals surface area contributed by atoms with Crippen molar-refractivity contribution in [3.05, 3.63) is 0 Å². The highest BCUT2D eigenvalue weighted by molar-refractivity contribution is 6.60. The van der Waals surface area contributed by atoms with Gasteiger partial charge in [-0.25, -0.2) is 0 Å². The normalized spacial score (nSPS) is 12.6. The summed E-state index contributed by atoms with van der Waals surface area (Å²) in [5, 5.41) is 0.